The zero-order valence-corrected chi connectivity index (χ0v) is 13.1. The molecule has 0 radical (unpaired) electrons. The number of hydrazine groups is 1. The quantitative estimate of drug-likeness (QED) is 0.856. The molecule has 5 nitrogen and oxygen atoms in total. The molecule has 0 aliphatic carbocycles. The summed E-state index contributed by atoms with van der Waals surface area (Å²) in [6, 6.07) is 4.25. The maximum atomic E-state index is 12.6. The highest BCUT2D eigenvalue weighted by Crippen LogP contribution is 2.32. The largest absolute Gasteiger partial charge is 0.442 e. The van der Waals surface area contributed by atoms with E-state index in [4.69, 9.17) is 4.74 Å². The monoisotopic (exact) mass is 332 g/mol. The Labute approximate surface area is 132 Å². The smallest absolute Gasteiger partial charge is 0.429 e. The molecular weight excluding hydrogens is 313 g/mol. The molecule has 1 saturated heterocycles. The molecule has 8 heteroatoms. The highest BCUT2D eigenvalue weighted by molar-refractivity contribution is 5.72. The Morgan fingerprint density at radius 3 is 2.26 bits per heavy atom. The fraction of sp³-hybridized carbons (Fsp3) is 0.533. The van der Waals surface area contributed by atoms with Crippen molar-refractivity contribution >= 4 is 11.8 Å². The van der Waals surface area contributed by atoms with Crippen LogP contribution in [-0.4, -0.2) is 34.6 Å². The van der Waals surface area contributed by atoms with E-state index in [1.54, 1.807) is 20.8 Å². The lowest BCUT2D eigenvalue weighted by Crippen LogP contribution is -2.47. The van der Waals surface area contributed by atoms with E-state index in [0.717, 1.165) is 12.1 Å². The van der Waals surface area contributed by atoms with Crippen molar-refractivity contribution in [3.05, 3.63) is 29.8 Å². The maximum Gasteiger partial charge on any atom is 0.429 e. The lowest BCUT2D eigenvalue weighted by atomic mass is 10.2. The molecule has 0 spiro atoms. The van der Waals surface area contributed by atoms with E-state index in [1.165, 1.54) is 22.2 Å². The van der Waals surface area contributed by atoms with E-state index in [2.05, 4.69) is 0 Å². The van der Waals surface area contributed by atoms with Gasteiger partial charge in [-0.25, -0.2) is 9.80 Å². The summed E-state index contributed by atoms with van der Waals surface area (Å²) in [5.74, 6) is 0. The lowest BCUT2D eigenvalue weighted by Gasteiger charge is -2.33. The number of hydrogen-bond donors (Lipinski definition) is 1. The lowest BCUT2D eigenvalue weighted by molar-refractivity contribution is -0.137. The van der Waals surface area contributed by atoms with Gasteiger partial charge in [0.1, 0.15) is 11.8 Å². The molecule has 0 bridgehead atoms. The van der Waals surface area contributed by atoms with Crippen LogP contribution >= 0.6 is 0 Å². The van der Waals surface area contributed by atoms with Crippen LogP contribution in [0.25, 0.3) is 0 Å². The van der Waals surface area contributed by atoms with Gasteiger partial charge in [0.2, 0.25) is 0 Å². The predicted molar refractivity (Wildman–Crippen MR) is 77.5 cm³/mol. The Bertz CT molecular complexity index is 567. The van der Waals surface area contributed by atoms with Gasteiger partial charge >= 0.3 is 12.3 Å². The number of benzene rings is 1. The number of aliphatic hydroxyl groups is 1. The van der Waals surface area contributed by atoms with Gasteiger partial charge in [0, 0.05) is 6.42 Å². The molecule has 128 valence electrons. The summed E-state index contributed by atoms with van der Waals surface area (Å²) in [6.07, 6.45) is -5.82. The minimum atomic E-state index is -4.44. The average molecular weight is 332 g/mol. The van der Waals surface area contributed by atoms with Gasteiger partial charge in [-0.1, -0.05) is 0 Å². The van der Waals surface area contributed by atoms with Crippen LogP contribution in [-0.2, 0) is 10.9 Å². The van der Waals surface area contributed by atoms with Crippen LogP contribution < -0.4 is 5.01 Å². The number of carbonyl (C=O) groups is 1. The van der Waals surface area contributed by atoms with E-state index in [1.807, 2.05) is 0 Å². The molecule has 1 amide bonds. The van der Waals surface area contributed by atoms with Gasteiger partial charge < -0.3 is 9.84 Å². The number of alkyl halides is 3. The molecule has 1 fully saturated rings. The number of nitrogens with zero attached hydrogens (tertiary/aromatic N) is 2. The Kier molecular flexibility index (Phi) is 4.48. The number of ether oxygens (including phenoxy) is 1. The molecule has 1 aromatic carbocycles. The molecule has 1 aliphatic heterocycles. The number of amides is 1. The van der Waals surface area contributed by atoms with Gasteiger partial charge in [0.15, 0.2) is 0 Å². The fourth-order valence-electron chi connectivity index (χ4n) is 2.24. The summed E-state index contributed by atoms with van der Waals surface area (Å²) < 4.78 is 43.1. The molecule has 1 atom stereocenters. The van der Waals surface area contributed by atoms with Crippen LogP contribution in [0.2, 0.25) is 0 Å². The highest BCUT2D eigenvalue weighted by Gasteiger charge is 2.37. The molecule has 1 aliphatic rings. The number of hydrogen-bond acceptors (Lipinski definition) is 4. The normalized spacial score (nSPS) is 19.2. The number of anilines is 1. The SMILES string of the molecule is CC(C)(C)OC(=O)N1CCC(O)N1c1ccc(C(F)(F)F)cc1. The van der Waals surface area contributed by atoms with Gasteiger partial charge in [-0.15, -0.1) is 0 Å². The molecule has 0 aromatic heterocycles. The minimum Gasteiger partial charge on any atom is -0.442 e. The predicted octanol–water partition coefficient (Wildman–Crippen LogP) is 3.39. The first-order chi connectivity index (χ1) is 10.5. The summed E-state index contributed by atoms with van der Waals surface area (Å²) in [5, 5.41) is 12.5. The van der Waals surface area contributed by atoms with Crippen molar-refractivity contribution in [3.63, 3.8) is 0 Å². The van der Waals surface area contributed by atoms with E-state index in [9.17, 15) is 23.1 Å². The fourth-order valence-corrected chi connectivity index (χ4v) is 2.24. The van der Waals surface area contributed by atoms with Gasteiger partial charge in [-0.05, 0) is 45.0 Å². The number of halogens is 3. The number of aliphatic hydroxyl groups excluding tert-OH is 1. The minimum absolute atomic E-state index is 0.219. The number of rotatable bonds is 1. The maximum absolute atomic E-state index is 12.6. The van der Waals surface area contributed by atoms with Crippen LogP contribution in [0.3, 0.4) is 0 Å². The highest BCUT2D eigenvalue weighted by atomic mass is 19.4. The van der Waals surface area contributed by atoms with Gasteiger partial charge in [-0.3, -0.25) is 5.01 Å². The molecular formula is C15H19F3N2O3. The zero-order valence-electron chi connectivity index (χ0n) is 13.1. The third kappa shape index (κ3) is 4.07. The standard InChI is InChI=1S/C15H19F3N2O3/c1-14(2,3)23-13(22)19-9-8-12(21)20(19)11-6-4-10(5-7-11)15(16,17)18/h4-7,12,21H,8-9H2,1-3H3. The van der Waals surface area contributed by atoms with Crippen molar-refractivity contribution in [2.45, 2.75) is 45.2 Å². The van der Waals surface area contributed by atoms with Crippen molar-refractivity contribution in [1.29, 1.82) is 0 Å². The van der Waals surface area contributed by atoms with Crippen molar-refractivity contribution < 1.29 is 27.8 Å². The Morgan fingerprint density at radius 1 is 1.22 bits per heavy atom. The Balaban J connectivity index is 2.23. The van der Waals surface area contributed by atoms with Crippen LogP contribution in [0.1, 0.15) is 32.8 Å². The van der Waals surface area contributed by atoms with E-state index < -0.39 is 29.7 Å². The first-order valence-electron chi connectivity index (χ1n) is 7.14. The zero-order chi connectivity index (χ0) is 17.4. The van der Waals surface area contributed by atoms with E-state index in [-0.39, 0.29) is 18.7 Å². The molecule has 1 aromatic rings. The third-order valence-electron chi connectivity index (χ3n) is 3.20. The van der Waals surface area contributed by atoms with Crippen LogP contribution in [0, 0.1) is 0 Å². The first-order valence-corrected chi connectivity index (χ1v) is 7.14. The van der Waals surface area contributed by atoms with Crippen LogP contribution in [0.4, 0.5) is 23.7 Å². The molecule has 1 heterocycles. The molecule has 2 rings (SSSR count). The summed E-state index contributed by atoms with van der Waals surface area (Å²) in [4.78, 5) is 12.2. The number of carbonyl (C=O) groups excluding carboxylic acids is 1. The second-order valence-electron chi connectivity index (χ2n) is 6.26. The van der Waals surface area contributed by atoms with Crippen molar-refractivity contribution in [2.75, 3.05) is 11.6 Å². The summed E-state index contributed by atoms with van der Waals surface area (Å²) >= 11 is 0. The molecule has 1 unspecified atom stereocenters. The summed E-state index contributed by atoms with van der Waals surface area (Å²) in [5.41, 5.74) is -1.22. The van der Waals surface area contributed by atoms with Crippen molar-refractivity contribution in [2.24, 2.45) is 0 Å². The second kappa shape index (κ2) is 5.92. The first kappa shape index (κ1) is 17.4. The third-order valence-corrected chi connectivity index (χ3v) is 3.20. The molecule has 23 heavy (non-hydrogen) atoms. The molecule has 0 saturated carbocycles. The summed E-state index contributed by atoms with van der Waals surface area (Å²) in [6.45, 7) is 5.34. The molecule has 1 N–H and O–H groups in total. The second-order valence-corrected chi connectivity index (χ2v) is 6.26. The van der Waals surface area contributed by atoms with E-state index >= 15 is 0 Å². The van der Waals surface area contributed by atoms with Crippen LogP contribution in [0.15, 0.2) is 24.3 Å². The average Bonchev–Trinajstić information content (AvgIpc) is 2.78. The van der Waals surface area contributed by atoms with Gasteiger partial charge in [-0.2, -0.15) is 13.2 Å². The Morgan fingerprint density at radius 2 is 1.78 bits per heavy atom. The van der Waals surface area contributed by atoms with Gasteiger partial charge in [0.25, 0.3) is 0 Å². The van der Waals surface area contributed by atoms with Crippen molar-refractivity contribution in [3.8, 4) is 0 Å². The summed E-state index contributed by atoms with van der Waals surface area (Å²) in [7, 11) is 0. The van der Waals surface area contributed by atoms with E-state index in [0.29, 0.717) is 0 Å². The van der Waals surface area contributed by atoms with Crippen LogP contribution in [0.5, 0.6) is 0 Å². The Hall–Kier alpha value is -1.96. The van der Waals surface area contributed by atoms with Gasteiger partial charge in [0.05, 0.1) is 17.8 Å². The topological polar surface area (TPSA) is 53.0 Å². The van der Waals surface area contributed by atoms with Crippen molar-refractivity contribution in [1.82, 2.24) is 5.01 Å².